The van der Waals surface area contributed by atoms with Gasteiger partial charge in [-0.25, -0.2) is 0 Å². The summed E-state index contributed by atoms with van der Waals surface area (Å²) in [6.45, 7) is 0.270. The molecule has 0 amide bonds. The Morgan fingerprint density at radius 1 is 1.11 bits per heavy atom. The fourth-order valence-electron chi connectivity index (χ4n) is 2.99. The first-order valence-electron chi connectivity index (χ1n) is 6.78. The number of rotatable bonds is 1. The third kappa shape index (κ3) is 1.84. The van der Waals surface area contributed by atoms with Crippen LogP contribution in [0, 0.1) is 0 Å². The molecular formula is C14H15NO3Se. The van der Waals surface area contributed by atoms with Gasteiger partial charge in [0, 0.05) is 0 Å². The normalized spacial score (nSPS) is 19.2. The molecule has 5 heteroatoms. The van der Waals surface area contributed by atoms with Gasteiger partial charge in [-0.1, -0.05) is 0 Å². The molecule has 2 heterocycles. The number of ether oxygens (including phenoxy) is 2. The van der Waals surface area contributed by atoms with E-state index in [1.807, 2.05) is 12.1 Å². The zero-order chi connectivity index (χ0) is 12.8. The SMILES string of the molecule is O=c1c2cc3c(cc2[se]n1C1CCCCC1)OCO3. The zero-order valence-corrected chi connectivity index (χ0v) is 12.3. The third-order valence-electron chi connectivity index (χ3n) is 4.01. The molecule has 1 saturated carbocycles. The van der Waals surface area contributed by atoms with E-state index in [0.29, 0.717) is 11.8 Å². The summed E-state index contributed by atoms with van der Waals surface area (Å²) in [6, 6.07) is 4.31. The van der Waals surface area contributed by atoms with Crippen LogP contribution in [0.15, 0.2) is 16.9 Å². The van der Waals surface area contributed by atoms with Crippen molar-refractivity contribution in [3.63, 3.8) is 0 Å². The van der Waals surface area contributed by atoms with Gasteiger partial charge in [-0.3, -0.25) is 0 Å². The Morgan fingerprint density at radius 3 is 2.63 bits per heavy atom. The summed E-state index contributed by atoms with van der Waals surface area (Å²) in [5.74, 6) is 1.51. The molecule has 19 heavy (non-hydrogen) atoms. The second-order valence-electron chi connectivity index (χ2n) is 5.22. The zero-order valence-electron chi connectivity index (χ0n) is 10.6. The van der Waals surface area contributed by atoms with Crippen molar-refractivity contribution in [1.82, 2.24) is 3.56 Å². The van der Waals surface area contributed by atoms with Crippen molar-refractivity contribution in [1.29, 1.82) is 0 Å². The van der Waals surface area contributed by atoms with Crippen LogP contribution in [0.4, 0.5) is 0 Å². The molecule has 0 bridgehead atoms. The fraction of sp³-hybridized carbons (Fsp3) is 0.500. The predicted octanol–water partition coefficient (Wildman–Crippen LogP) is 2.29. The second kappa shape index (κ2) is 4.43. The quantitative estimate of drug-likeness (QED) is 0.756. The molecule has 0 atom stereocenters. The van der Waals surface area contributed by atoms with Gasteiger partial charge in [-0.15, -0.1) is 0 Å². The number of nitrogens with zero attached hydrogens (tertiary/aromatic N) is 1. The van der Waals surface area contributed by atoms with Crippen molar-refractivity contribution in [2.45, 2.75) is 38.1 Å². The maximum atomic E-state index is 12.5. The van der Waals surface area contributed by atoms with E-state index in [-0.39, 0.29) is 27.1 Å². The second-order valence-corrected chi connectivity index (χ2v) is 7.35. The summed E-state index contributed by atoms with van der Waals surface area (Å²) in [4.78, 5) is 12.5. The molecule has 1 aromatic carbocycles. The minimum absolute atomic E-state index is 0.107. The third-order valence-corrected chi connectivity index (χ3v) is 6.52. The molecule has 0 radical (unpaired) electrons. The van der Waals surface area contributed by atoms with Crippen molar-refractivity contribution in [3.8, 4) is 11.5 Å². The van der Waals surface area contributed by atoms with Crippen molar-refractivity contribution in [2.24, 2.45) is 0 Å². The summed E-state index contributed by atoms with van der Waals surface area (Å²) in [7, 11) is 0. The Morgan fingerprint density at radius 2 is 1.84 bits per heavy atom. The topological polar surface area (TPSA) is 40.5 Å². The average Bonchev–Trinajstić information content (AvgIpc) is 3.02. The summed E-state index contributed by atoms with van der Waals surface area (Å²) in [5.41, 5.74) is 0.195. The first-order valence-corrected chi connectivity index (χ1v) is 8.40. The first kappa shape index (κ1) is 11.6. The van der Waals surface area contributed by atoms with E-state index in [0.717, 1.165) is 28.2 Å². The van der Waals surface area contributed by atoms with E-state index in [4.69, 9.17) is 9.47 Å². The van der Waals surface area contributed by atoms with Gasteiger partial charge < -0.3 is 0 Å². The van der Waals surface area contributed by atoms with Gasteiger partial charge in [-0.2, -0.15) is 0 Å². The van der Waals surface area contributed by atoms with E-state index < -0.39 is 0 Å². The first-order chi connectivity index (χ1) is 9.33. The Kier molecular flexibility index (Phi) is 2.71. The van der Waals surface area contributed by atoms with E-state index in [1.54, 1.807) is 0 Å². The standard InChI is InChI=1S/C14H15NO3Se/c16-14-10-6-11-12(18-8-17-11)7-13(10)19-15(14)9-4-2-1-3-5-9/h6-7,9H,1-5,8H2. The molecule has 0 saturated heterocycles. The van der Waals surface area contributed by atoms with E-state index in [1.165, 1.54) is 19.3 Å². The summed E-state index contributed by atoms with van der Waals surface area (Å²) < 4.78 is 14.0. The molecule has 0 spiro atoms. The van der Waals surface area contributed by atoms with Crippen LogP contribution in [0.25, 0.3) is 9.65 Å². The maximum absolute atomic E-state index is 12.5. The molecule has 0 N–H and O–H groups in total. The summed E-state index contributed by atoms with van der Waals surface area (Å²) >= 11 is 0.107. The van der Waals surface area contributed by atoms with Crippen LogP contribution in [0.2, 0.25) is 0 Å². The molecule has 2 aliphatic rings. The minimum atomic E-state index is 0.107. The van der Waals surface area contributed by atoms with Crippen LogP contribution >= 0.6 is 0 Å². The van der Waals surface area contributed by atoms with E-state index in [2.05, 4.69) is 3.56 Å². The molecule has 100 valence electrons. The molecule has 4 nitrogen and oxygen atoms in total. The van der Waals surface area contributed by atoms with Gasteiger partial charge in [0.25, 0.3) is 0 Å². The molecule has 1 aliphatic heterocycles. The number of hydrogen-bond donors (Lipinski definition) is 0. The molecular weight excluding hydrogens is 309 g/mol. The molecule has 1 aromatic heterocycles. The van der Waals surface area contributed by atoms with Crippen LogP contribution in [0.5, 0.6) is 11.5 Å². The van der Waals surface area contributed by atoms with Gasteiger partial charge in [0.1, 0.15) is 0 Å². The average molecular weight is 324 g/mol. The van der Waals surface area contributed by atoms with Crippen LogP contribution in [0.1, 0.15) is 38.1 Å². The molecule has 2 aromatic rings. The molecule has 1 aliphatic carbocycles. The Bertz CT molecular complexity index is 682. The molecule has 0 unspecified atom stereocenters. The summed E-state index contributed by atoms with van der Waals surface area (Å²) in [6.07, 6.45) is 6.14. The molecule has 4 rings (SSSR count). The Labute approximate surface area is 116 Å². The number of aromatic nitrogens is 1. The van der Waals surface area contributed by atoms with Crippen LogP contribution in [0.3, 0.4) is 0 Å². The predicted molar refractivity (Wildman–Crippen MR) is 73.4 cm³/mol. The van der Waals surface area contributed by atoms with Gasteiger partial charge in [0.05, 0.1) is 0 Å². The Balaban J connectivity index is 1.84. The molecule has 1 fully saturated rings. The van der Waals surface area contributed by atoms with Crippen molar-refractivity contribution < 1.29 is 9.47 Å². The van der Waals surface area contributed by atoms with Gasteiger partial charge in [0.2, 0.25) is 0 Å². The monoisotopic (exact) mass is 325 g/mol. The van der Waals surface area contributed by atoms with Gasteiger partial charge >= 0.3 is 116 Å². The van der Waals surface area contributed by atoms with Crippen molar-refractivity contribution in [2.75, 3.05) is 6.79 Å². The fourth-order valence-corrected chi connectivity index (χ4v) is 5.42. The number of hydrogen-bond acceptors (Lipinski definition) is 3. The Hall–Kier alpha value is -1.19. The van der Waals surface area contributed by atoms with Gasteiger partial charge in [-0.05, 0) is 0 Å². The summed E-state index contributed by atoms with van der Waals surface area (Å²) in [5, 5.41) is 0.829. The van der Waals surface area contributed by atoms with Crippen LogP contribution in [-0.2, 0) is 0 Å². The van der Waals surface area contributed by atoms with E-state index in [9.17, 15) is 4.79 Å². The number of benzene rings is 1. The van der Waals surface area contributed by atoms with Gasteiger partial charge in [0.15, 0.2) is 0 Å². The van der Waals surface area contributed by atoms with Crippen molar-refractivity contribution in [3.05, 3.63) is 22.5 Å². The van der Waals surface area contributed by atoms with Crippen LogP contribution < -0.4 is 15.0 Å². The number of fused-ring (bicyclic) bond motifs is 2. The van der Waals surface area contributed by atoms with E-state index >= 15 is 0 Å². The van der Waals surface area contributed by atoms with Crippen LogP contribution in [-0.4, -0.2) is 25.1 Å². The van der Waals surface area contributed by atoms with Crippen molar-refractivity contribution >= 4 is 24.4 Å².